The molecule has 0 unspecified atom stereocenters. The molecule has 0 radical (unpaired) electrons. The predicted octanol–water partition coefficient (Wildman–Crippen LogP) is 0.112. The Morgan fingerprint density at radius 3 is 2.74 bits per heavy atom. The second kappa shape index (κ2) is 7.10. The maximum atomic E-state index is 11.5. The summed E-state index contributed by atoms with van der Waals surface area (Å²) in [4.78, 5) is 10.9. The molecule has 2 N–H and O–H groups in total. The van der Waals surface area contributed by atoms with Crippen LogP contribution in [0.15, 0.2) is 24.3 Å². The first-order chi connectivity index (χ1) is 8.96. The van der Waals surface area contributed by atoms with E-state index in [0.717, 1.165) is 12.7 Å². The van der Waals surface area contributed by atoms with Crippen LogP contribution >= 0.6 is 0 Å². The number of carbonyl (C=O) groups excluding carboxylic acids is 1. The first kappa shape index (κ1) is 15.5. The molecule has 0 aliphatic heterocycles. The van der Waals surface area contributed by atoms with Gasteiger partial charge in [0.1, 0.15) is 18.1 Å². The molecule has 7 heteroatoms. The zero-order chi connectivity index (χ0) is 14.3. The number of methoxy groups -OCH3 is 1. The van der Waals surface area contributed by atoms with E-state index in [9.17, 15) is 13.2 Å². The highest BCUT2D eigenvalue weighted by Gasteiger charge is 2.17. The Morgan fingerprint density at radius 1 is 1.37 bits per heavy atom. The summed E-state index contributed by atoms with van der Waals surface area (Å²) in [5.74, 6) is -1.09. The van der Waals surface area contributed by atoms with Crippen molar-refractivity contribution in [1.82, 2.24) is 0 Å². The monoisotopic (exact) mass is 287 g/mol. The molecule has 0 spiro atoms. The summed E-state index contributed by atoms with van der Waals surface area (Å²) in [6, 6.07) is 7.08. The molecule has 0 saturated carbocycles. The van der Waals surface area contributed by atoms with E-state index in [1.807, 2.05) is 6.07 Å². The van der Waals surface area contributed by atoms with Crippen molar-refractivity contribution in [2.45, 2.75) is 6.54 Å². The molecule has 6 nitrogen and oxygen atoms in total. The van der Waals surface area contributed by atoms with Crippen molar-refractivity contribution in [2.24, 2.45) is 5.73 Å². The van der Waals surface area contributed by atoms with E-state index in [1.54, 1.807) is 18.2 Å². The SMILES string of the molecule is COC(=O)CS(=O)(=O)CCOc1cccc(CN)c1. The number of nitrogens with two attached hydrogens (primary N) is 1. The maximum Gasteiger partial charge on any atom is 0.320 e. The smallest absolute Gasteiger partial charge is 0.320 e. The lowest BCUT2D eigenvalue weighted by Crippen LogP contribution is -2.23. The zero-order valence-corrected chi connectivity index (χ0v) is 11.5. The Kier molecular flexibility index (Phi) is 5.78. The zero-order valence-electron chi connectivity index (χ0n) is 10.7. The van der Waals surface area contributed by atoms with Crippen molar-refractivity contribution in [2.75, 3.05) is 25.2 Å². The van der Waals surface area contributed by atoms with Crippen molar-refractivity contribution in [3.8, 4) is 5.75 Å². The number of esters is 1. The van der Waals surface area contributed by atoms with Gasteiger partial charge in [-0.15, -0.1) is 0 Å². The Hall–Kier alpha value is -1.60. The standard InChI is InChI=1S/C12H17NO5S/c1-17-12(14)9-19(15,16)6-5-18-11-4-2-3-10(7-11)8-13/h2-4,7H,5-6,8-9,13H2,1H3. The van der Waals surface area contributed by atoms with Crippen LogP contribution in [0.1, 0.15) is 5.56 Å². The van der Waals surface area contributed by atoms with Crippen LogP contribution in [0.3, 0.4) is 0 Å². The van der Waals surface area contributed by atoms with E-state index in [1.165, 1.54) is 0 Å². The first-order valence-electron chi connectivity index (χ1n) is 5.66. The van der Waals surface area contributed by atoms with E-state index >= 15 is 0 Å². The summed E-state index contributed by atoms with van der Waals surface area (Å²) in [7, 11) is -2.36. The lowest BCUT2D eigenvalue weighted by molar-refractivity contribution is -0.137. The number of benzene rings is 1. The van der Waals surface area contributed by atoms with Gasteiger partial charge < -0.3 is 15.2 Å². The van der Waals surface area contributed by atoms with Gasteiger partial charge in [-0.05, 0) is 17.7 Å². The van der Waals surface area contributed by atoms with Gasteiger partial charge >= 0.3 is 5.97 Å². The Morgan fingerprint density at radius 2 is 2.11 bits per heavy atom. The van der Waals surface area contributed by atoms with Crippen LogP contribution in [-0.2, 0) is 25.9 Å². The summed E-state index contributed by atoms with van der Waals surface area (Å²) in [5, 5.41) is 0. The van der Waals surface area contributed by atoms with E-state index in [-0.39, 0.29) is 12.4 Å². The molecular formula is C12H17NO5S. The molecule has 0 fully saturated rings. The van der Waals surface area contributed by atoms with Gasteiger partial charge in [0, 0.05) is 6.54 Å². The fourth-order valence-corrected chi connectivity index (χ4v) is 2.32. The highest BCUT2D eigenvalue weighted by molar-refractivity contribution is 7.92. The minimum absolute atomic E-state index is 0.0205. The largest absolute Gasteiger partial charge is 0.493 e. The molecule has 0 bridgehead atoms. The lowest BCUT2D eigenvalue weighted by atomic mass is 10.2. The highest BCUT2D eigenvalue weighted by Crippen LogP contribution is 2.12. The van der Waals surface area contributed by atoms with Crippen LogP contribution in [0.2, 0.25) is 0 Å². The van der Waals surface area contributed by atoms with Gasteiger partial charge in [0.05, 0.1) is 12.9 Å². The van der Waals surface area contributed by atoms with Gasteiger partial charge in [-0.1, -0.05) is 12.1 Å². The van der Waals surface area contributed by atoms with E-state index in [2.05, 4.69) is 4.74 Å². The van der Waals surface area contributed by atoms with Gasteiger partial charge in [0.2, 0.25) is 0 Å². The third-order valence-corrected chi connectivity index (χ3v) is 3.83. The summed E-state index contributed by atoms with van der Waals surface area (Å²) < 4.78 is 32.6. The van der Waals surface area contributed by atoms with Gasteiger partial charge in [-0.25, -0.2) is 8.42 Å². The molecule has 0 aliphatic rings. The van der Waals surface area contributed by atoms with Crippen molar-refractivity contribution < 1.29 is 22.7 Å². The maximum absolute atomic E-state index is 11.5. The number of hydrogen-bond acceptors (Lipinski definition) is 6. The minimum atomic E-state index is -3.50. The normalized spacial score (nSPS) is 11.1. The summed E-state index contributed by atoms with van der Waals surface area (Å²) in [6.07, 6.45) is 0. The van der Waals surface area contributed by atoms with E-state index in [4.69, 9.17) is 10.5 Å². The van der Waals surface area contributed by atoms with Gasteiger partial charge in [0.15, 0.2) is 9.84 Å². The number of sulfone groups is 1. The van der Waals surface area contributed by atoms with Crippen molar-refractivity contribution in [1.29, 1.82) is 0 Å². The molecule has 0 aliphatic carbocycles. The number of ether oxygens (including phenoxy) is 2. The fraction of sp³-hybridized carbons (Fsp3) is 0.417. The van der Waals surface area contributed by atoms with Gasteiger partial charge in [0.25, 0.3) is 0 Å². The Labute approximate surface area is 112 Å². The summed E-state index contributed by atoms with van der Waals surface area (Å²) >= 11 is 0. The molecular weight excluding hydrogens is 270 g/mol. The summed E-state index contributed by atoms with van der Waals surface area (Å²) in [5.41, 5.74) is 6.38. The topological polar surface area (TPSA) is 95.7 Å². The molecule has 0 amide bonds. The van der Waals surface area contributed by atoms with Gasteiger partial charge in [-0.3, -0.25) is 4.79 Å². The number of carbonyl (C=O) groups is 1. The Balaban J connectivity index is 2.47. The second-order valence-corrected chi connectivity index (χ2v) is 6.05. The highest BCUT2D eigenvalue weighted by atomic mass is 32.2. The van der Waals surface area contributed by atoms with E-state index < -0.39 is 21.6 Å². The second-order valence-electron chi connectivity index (χ2n) is 3.87. The van der Waals surface area contributed by atoms with Crippen molar-refractivity contribution >= 4 is 15.8 Å². The Bertz CT molecular complexity index is 527. The number of hydrogen-bond donors (Lipinski definition) is 1. The van der Waals surface area contributed by atoms with E-state index in [0.29, 0.717) is 12.3 Å². The van der Waals surface area contributed by atoms with Crippen LogP contribution < -0.4 is 10.5 Å². The predicted molar refractivity (Wildman–Crippen MR) is 70.5 cm³/mol. The minimum Gasteiger partial charge on any atom is -0.493 e. The first-order valence-corrected chi connectivity index (χ1v) is 7.48. The quantitative estimate of drug-likeness (QED) is 0.715. The molecule has 19 heavy (non-hydrogen) atoms. The third-order valence-electron chi connectivity index (χ3n) is 2.36. The molecule has 1 aromatic rings. The molecule has 0 atom stereocenters. The lowest BCUT2D eigenvalue weighted by Gasteiger charge is -2.07. The van der Waals surface area contributed by atoms with Crippen LogP contribution in [-0.4, -0.2) is 39.6 Å². The van der Waals surface area contributed by atoms with Crippen LogP contribution in [0.4, 0.5) is 0 Å². The summed E-state index contributed by atoms with van der Waals surface area (Å²) in [6.45, 7) is 0.366. The fourth-order valence-electron chi connectivity index (χ4n) is 1.36. The average Bonchev–Trinajstić information content (AvgIpc) is 2.38. The molecule has 0 aromatic heterocycles. The van der Waals surface area contributed by atoms with Crippen molar-refractivity contribution in [3.63, 3.8) is 0 Å². The third kappa shape index (κ3) is 5.71. The molecule has 0 heterocycles. The molecule has 0 saturated heterocycles. The van der Waals surface area contributed by atoms with Crippen molar-refractivity contribution in [3.05, 3.63) is 29.8 Å². The molecule has 1 rings (SSSR count). The van der Waals surface area contributed by atoms with Crippen LogP contribution in [0, 0.1) is 0 Å². The van der Waals surface area contributed by atoms with Crippen LogP contribution in [0.25, 0.3) is 0 Å². The average molecular weight is 287 g/mol. The number of rotatable bonds is 7. The molecule has 1 aromatic carbocycles. The van der Waals surface area contributed by atoms with Gasteiger partial charge in [-0.2, -0.15) is 0 Å². The molecule has 106 valence electrons. The van der Waals surface area contributed by atoms with Crippen LogP contribution in [0.5, 0.6) is 5.75 Å².